The Kier molecular flexibility index (Phi) is 3.87. The smallest absolute Gasteiger partial charge is 0.387 e. The number of aromatic nitrogens is 2. The molecule has 0 aliphatic carbocycles. The molecule has 0 saturated heterocycles. The van der Waals surface area contributed by atoms with Crippen LogP contribution in [0.2, 0.25) is 0 Å². The Morgan fingerprint density at radius 3 is 2.77 bits per heavy atom. The standard InChI is InChI=1S/C15H11N3O3S/c16-8-10-3-5-11(6-4-10)12(19)9-18-15(20)21-14(17-18)13-2-1-7-22-13/h1-7,12,19H,9H2. The van der Waals surface area contributed by atoms with Crippen LogP contribution in [0.25, 0.3) is 10.8 Å². The van der Waals surface area contributed by atoms with Crippen LogP contribution in [0.15, 0.2) is 51.0 Å². The molecule has 0 saturated carbocycles. The first-order valence-electron chi connectivity index (χ1n) is 6.47. The van der Waals surface area contributed by atoms with Crippen molar-refractivity contribution in [2.45, 2.75) is 12.6 Å². The lowest BCUT2D eigenvalue weighted by Gasteiger charge is -2.09. The van der Waals surface area contributed by atoms with Gasteiger partial charge in [0.05, 0.1) is 29.2 Å². The number of benzene rings is 1. The fourth-order valence-electron chi connectivity index (χ4n) is 1.97. The number of aliphatic hydroxyl groups excluding tert-OH is 1. The molecule has 0 spiro atoms. The number of hydrogen-bond donors (Lipinski definition) is 1. The molecule has 1 unspecified atom stereocenters. The van der Waals surface area contributed by atoms with Gasteiger partial charge in [-0.05, 0) is 29.1 Å². The minimum absolute atomic E-state index is 0.0143. The van der Waals surface area contributed by atoms with Crippen molar-refractivity contribution in [1.29, 1.82) is 5.26 Å². The summed E-state index contributed by atoms with van der Waals surface area (Å²) < 4.78 is 6.18. The average molecular weight is 313 g/mol. The Morgan fingerprint density at radius 2 is 2.14 bits per heavy atom. The molecule has 1 atom stereocenters. The minimum atomic E-state index is -0.910. The SMILES string of the molecule is N#Cc1ccc(C(O)Cn2nc(-c3cccs3)oc2=O)cc1. The molecule has 0 aliphatic rings. The third-order valence-corrected chi connectivity index (χ3v) is 3.97. The second-order valence-corrected chi connectivity index (χ2v) is 5.53. The van der Waals surface area contributed by atoms with Gasteiger partial charge in [-0.3, -0.25) is 0 Å². The highest BCUT2D eigenvalue weighted by molar-refractivity contribution is 7.13. The molecule has 2 heterocycles. The summed E-state index contributed by atoms with van der Waals surface area (Å²) in [6.45, 7) is -0.0143. The molecule has 22 heavy (non-hydrogen) atoms. The Bertz CT molecular complexity index is 857. The van der Waals surface area contributed by atoms with E-state index in [2.05, 4.69) is 5.10 Å². The van der Waals surface area contributed by atoms with E-state index in [-0.39, 0.29) is 12.4 Å². The Labute approximate surface area is 129 Å². The fraction of sp³-hybridized carbons (Fsp3) is 0.133. The van der Waals surface area contributed by atoms with Crippen LogP contribution in [0.1, 0.15) is 17.2 Å². The van der Waals surface area contributed by atoms with Gasteiger partial charge in [0.25, 0.3) is 5.89 Å². The van der Waals surface area contributed by atoms with Crippen molar-refractivity contribution in [2.24, 2.45) is 0 Å². The molecule has 0 bridgehead atoms. The quantitative estimate of drug-likeness (QED) is 0.797. The topological polar surface area (TPSA) is 92.0 Å². The largest absolute Gasteiger partial charge is 0.437 e. The van der Waals surface area contributed by atoms with Crippen molar-refractivity contribution in [3.63, 3.8) is 0 Å². The summed E-state index contributed by atoms with van der Waals surface area (Å²) in [4.78, 5) is 12.5. The molecule has 7 heteroatoms. The van der Waals surface area contributed by atoms with Crippen molar-refractivity contribution >= 4 is 11.3 Å². The van der Waals surface area contributed by atoms with Crippen molar-refractivity contribution in [3.05, 3.63) is 63.5 Å². The average Bonchev–Trinajstić information content (AvgIpc) is 3.18. The van der Waals surface area contributed by atoms with E-state index in [1.165, 1.54) is 11.3 Å². The zero-order chi connectivity index (χ0) is 15.5. The maximum Gasteiger partial charge on any atom is 0.437 e. The van der Waals surface area contributed by atoms with E-state index in [9.17, 15) is 9.90 Å². The summed E-state index contributed by atoms with van der Waals surface area (Å²) in [7, 11) is 0. The van der Waals surface area contributed by atoms with Crippen LogP contribution in [0, 0.1) is 11.3 Å². The number of rotatable bonds is 4. The van der Waals surface area contributed by atoms with Gasteiger partial charge >= 0.3 is 5.76 Å². The molecule has 2 aromatic heterocycles. The van der Waals surface area contributed by atoms with Crippen LogP contribution in [-0.2, 0) is 6.54 Å². The number of aliphatic hydroxyl groups is 1. The van der Waals surface area contributed by atoms with Gasteiger partial charge < -0.3 is 9.52 Å². The molecule has 0 aliphatic heterocycles. The molecule has 3 aromatic rings. The first kappa shape index (κ1) is 14.3. The first-order chi connectivity index (χ1) is 10.7. The molecule has 110 valence electrons. The molecule has 6 nitrogen and oxygen atoms in total. The van der Waals surface area contributed by atoms with Crippen molar-refractivity contribution < 1.29 is 9.52 Å². The van der Waals surface area contributed by atoms with Crippen molar-refractivity contribution in [2.75, 3.05) is 0 Å². The van der Waals surface area contributed by atoms with E-state index in [4.69, 9.17) is 9.68 Å². The predicted molar refractivity (Wildman–Crippen MR) is 80.2 cm³/mol. The van der Waals surface area contributed by atoms with Crippen molar-refractivity contribution in [3.8, 4) is 16.8 Å². The van der Waals surface area contributed by atoms with Crippen molar-refractivity contribution in [1.82, 2.24) is 9.78 Å². The van der Waals surface area contributed by atoms with E-state index in [0.717, 1.165) is 9.56 Å². The summed E-state index contributed by atoms with van der Waals surface area (Å²) in [6.07, 6.45) is -0.910. The fourth-order valence-corrected chi connectivity index (χ4v) is 2.61. The van der Waals surface area contributed by atoms with Crippen LogP contribution in [-0.4, -0.2) is 14.9 Å². The third-order valence-electron chi connectivity index (χ3n) is 3.11. The molecule has 3 rings (SSSR count). The van der Waals surface area contributed by atoms with Crippen LogP contribution < -0.4 is 5.76 Å². The van der Waals surface area contributed by atoms with Gasteiger partial charge in [-0.25, -0.2) is 4.79 Å². The molecule has 1 N–H and O–H groups in total. The zero-order valence-corrected chi connectivity index (χ0v) is 12.2. The molecular weight excluding hydrogens is 302 g/mol. The second-order valence-electron chi connectivity index (χ2n) is 4.58. The van der Waals surface area contributed by atoms with Gasteiger partial charge in [-0.1, -0.05) is 18.2 Å². The lowest BCUT2D eigenvalue weighted by atomic mass is 10.1. The third kappa shape index (κ3) is 2.83. The number of nitrogens with zero attached hydrogens (tertiary/aromatic N) is 3. The first-order valence-corrected chi connectivity index (χ1v) is 7.35. The molecular formula is C15H11N3O3S. The van der Waals surface area contributed by atoms with E-state index in [0.29, 0.717) is 11.1 Å². The van der Waals surface area contributed by atoms with Crippen LogP contribution in [0.3, 0.4) is 0 Å². The minimum Gasteiger partial charge on any atom is -0.387 e. The van der Waals surface area contributed by atoms with E-state index < -0.39 is 11.9 Å². The summed E-state index contributed by atoms with van der Waals surface area (Å²) in [5.41, 5.74) is 1.11. The lowest BCUT2D eigenvalue weighted by Crippen LogP contribution is -2.20. The number of thiophene rings is 1. The Hall–Kier alpha value is -2.69. The van der Waals surface area contributed by atoms with E-state index >= 15 is 0 Å². The maximum atomic E-state index is 11.8. The second kappa shape index (κ2) is 5.97. The Balaban J connectivity index is 1.80. The molecule has 0 fully saturated rings. The highest BCUT2D eigenvalue weighted by Crippen LogP contribution is 2.22. The van der Waals surface area contributed by atoms with Crippen LogP contribution in [0.5, 0.6) is 0 Å². The van der Waals surface area contributed by atoms with Gasteiger partial charge in [0.1, 0.15) is 0 Å². The van der Waals surface area contributed by atoms with Gasteiger partial charge in [-0.15, -0.1) is 16.4 Å². The highest BCUT2D eigenvalue weighted by atomic mass is 32.1. The van der Waals surface area contributed by atoms with Gasteiger partial charge in [0, 0.05) is 0 Å². The molecule has 0 amide bonds. The normalized spacial score (nSPS) is 12.0. The Morgan fingerprint density at radius 1 is 1.36 bits per heavy atom. The summed E-state index contributed by atoms with van der Waals surface area (Å²) in [5.74, 6) is -0.372. The summed E-state index contributed by atoms with van der Waals surface area (Å²) >= 11 is 1.42. The number of hydrogen-bond acceptors (Lipinski definition) is 6. The molecule has 0 radical (unpaired) electrons. The van der Waals surface area contributed by atoms with Gasteiger partial charge in [0.15, 0.2) is 0 Å². The summed E-state index contributed by atoms with van der Waals surface area (Å²) in [6, 6.07) is 12.2. The van der Waals surface area contributed by atoms with E-state index in [1.807, 2.05) is 17.5 Å². The monoisotopic (exact) mass is 313 g/mol. The van der Waals surface area contributed by atoms with Gasteiger partial charge in [0.2, 0.25) is 0 Å². The number of nitriles is 1. The van der Waals surface area contributed by atoms with Gasteiger partial charge in [-0.2, -0.15) is 9.94 Å². The predicted octanol–water partition coefficient (Wildman–Crippen LogP) is 2.17. The van der Waals surface area contributed by atoms with Crippen LogP contribution >= 0.6 is 11.3 Å². The molecule has 1 aromatic carbocycles. The van der Waals surface area contributed by atoms with Crippen LogP contribution in [0.4, 0.5) is 0 Å². The van der Waals surface area contributed by atoms with E-state index in [1.54, 1.807) is 30.3 Å². The zero-order valence-electron chi connectivity index (χ0n) is 11.3. The maximum absolute atomic E-state index is 11.8. The lowest BCUT2D eigenvalue weighted by molar-refractivity contribution is 0.148. The highest BCUT2D eigenvalue weighted by Gasteiger charge is 2.15. The summed E-state index contributed by atoms with van der Waals surface area (Å²) in [5, 5.41) is 24.9.